The summed E-state index contributed by atoms with van der Waals surface area (Å²) >= 11 is 0. The summed E-state index contributed by atoms with van der Waals surface area (Å²) in [6.07, 6.45) is 18.1. The zero-order chi connectivity index (χ0) is 18.1. The van der Waals surface area contributed by atoms with E-state index in [-0.39, 0.29) is 42.1 Å². The van der Waals surface area contributed by atoms with Crippen LogP contribution in [0.4, 0.5) is 0 Å². The molecule has 1 unspecified atom stereocenters. The van der Waals surface area contributed by atoms with Crippen LogP contribution in [0.2, 0.25) is 0 Å². The predicted molar refractivity (Wildman–Crippen MR) is 99.7 cm³/mol. The van der Waals surface area contributed by atoms with Crippen molar-refractivity contribution in [2.75, 3.05) is 6.61 Å². The molecule has 6 heteroatoms. The van der Waals surface area contributed by atoms with Crippen LogP contribution in [0.5, 0.6) is 0 Å². The molecule has 0 aliphatic carbocycles. The van der Waals surface area contributed by atoms with Gasteiger partial charge in [0.05, 0.1) is 6.61 Å². The van der Waals surface area contributed by atoms with Gasteiger partial charge >= 0.3 is 29.6 Å². The first-order valence-corrected chi connectivity index (χ1v) is 11.4. The van der Waals surface area contributed by atoms with Gasteiger partial charge in [-0.25, -0.2) is 8.42 Å². The molecule has 0 aromatic heterocycles. The SMILES string of the molecule is CCCCCCCCCCC(CCCCCCC)COS(=O)(=O)[O-].[Na+]. The molecule has 0 rings (SSSR count). The fourth-order valence-electron chi connectivity index (χ4n) is 3.09. The minimum Gasteiger partial charge on any atom is -0.726 e. The topological polar surface area (TPSA) is 66.4 Å². The van der Waals surface area contributed by atoms with Crippen molar-refractivity contribution in [1.29, 1.82) is 0 Å². The van der Waals surface area contributed by atoms with Crippen LogP contribution in [0.3, 0.4) is 0 Å². The van der Waals surface area contributed by atoms with E-state index in [9.17, 15) is 13.0 Å². The van der Waals surface area contributed by atoms with E-state index in [0.29, 0.717) is 0 Å². The summed E-state index contributed by atoms with van der Waals surface area (Å²) in [5.41, 5.74) is 0. The molecule has 1 atom stereocenters. The van der Waals surface area contributed by atoms with E-state index in [2.05, 4.69) is 18.0 Å². The van der Waals surface area contributed by atoms with Gasteiger partial charge < -0.3 is 4.55 Å². The third-order valence-electron chi connectivity index (χ3n) is 4.63. The first kappa shape index (κ1) is 28.1. The molecule has 0 spiro atoms. The van der Waals surface area contributed by atoms with Gasteiger partial charge in [0.15, 0.2) is 0 Å². The molecule has 0 aliphatic rings. The maximum absolute atomic E-state index is 10.7. The van der Waals surface area contributed by atoms with E-state index in [4.69, 9.17) is 0 Å². The van der Waals surface area contributed by atoms with Gasteiger partial charge in [0.2, 0.25) is 10.4 Å². The van der Waals surface area contributed by atoms with Gasteiger partial charge in [-0.15, -0.1) is 0 Å². The van der Waals surface area contributed by atoms with E-state index in [1.54, 1.807) is 0 Å². The third kappa shape index (κ3) is 22.8. The number of rotatable bonds is 18. The van der Waals surface area contributed by atoms with Crippen LogP contribution in [-0.2, 0) is 14.6 Å². The summed E-state index contributed by atoms with van der Waals surface area (Å²) in [4.78, 5) is 0. The number of hydrogen-bond acceptors (Lipinski definition) is 4. The monoisotopic (exact) mass is 386 g/mol. The average molecular weight is 387 g/mol. The molecule has 4 nitrogen and oxygen atoms in total. The van der Waals surface area contributed by atoms with Gasteiger partial charge in [0.1, 0.15) is 0 Å². The largest absolute Gasteiger partial charge is 1.00 e. The fraction of sp³-hybridized carbons (Fsp3) is 1.00. The molecule has 0 heterocycles. The molecule has 0 bridgehead atoms. The van der Waals surface area contributed by atoms with Crippen molar-refractivity contribution in [2.24, 2.45) is 5.92 Å². The molecule has 0 saturated heterocycles. The first-order chi connectivity index (χ1) is 11.5. The summed E-state index contributed by atoms with van der Waals surface area (Å²) in [6, 6.07) is 0. The van der Waals surface area contributed by atoms with Gasteiger partial charge in [-0.1, -0.05) is 97.3 Å². The Bertz CT molecular complexity index is 360. The molecule has 0 N–H and O–H groups in total. The molecule has 0 aromatic rings. The van der Waals surface area contributed by atoms with Crippen molar-refractivity contribution < 1.29 is 46.7 Å². The van der Waals surface area contributed by atoms with Crippen LogP contribution in [0.1, 0.15) is 110 Å². The molecule has 0 aromatic carbocycles. The van der Waals surface area contributed by atoms with Crippen molar-refractivity contribution >= 4 is 10.4 Å². The van der Waals surface area contributed by atoms with Gasteiger partial charge in [0, 0.05) is 0 Å². The zero-order valence-electron chi connectivity index (χ0n) is 16.9. The Balaban J connectivity index is 0. The molecular formula is C19H39NaO4S. The molecule has 146 valence electrons. The Morgan fingerprint density at radius 3 is 1.44 bits per heavy atom. The second kappa shape index (κ2) is 19.6. The summed E-state index contributed by atoms with van der Waals surface area (Å²) in [7, 11) is -4.56. The third-order valence-corrected chi connectivity index (χ3v) is 5.05. The fourth-order valence-corrected chi connectivity index (χ4v) is 3.45. The van der Waals surface area contributed by atoms with Crippen molar-refractivity contribution in [2.45, 2.75) is 110 Å². The summed E-state index contributed by atoms with van der Waals surface area (Å²) in [6.45, 7) is 4.49. The molecule has 0 saturated carbocycles. The zero-order valence-corrected chi connectivity index (χ0v) is 19.7. The number of hydrogen-bond donors (Lipinski definition) is 0. The smallest absolute Gasteiger partial charge is 0.726 e. The molecule has 0 radical (unpaired) electrons. The minimum atomic E-state index is -4.56. The standard InChI is InChI=1S/C19H40O4S.Na/c1-3-5-7-9-10-11-13-15-17-19(18-23-24(20,21)22)16-14-12-8-6-4-2;/h19H,3-18H2,1-2H3,(H,20,21,22);/q;+1/p-1. The number of unbranched alkanes of at least 4 members (excludes halogenated alkanes) is 11. The van der Waals surface area contributed by atoms with Gasteiger partial charge in [-0.2, -0.15) is 0 Å². The van der Waals surface area contributed by atoms with Crippen LogP contribution < -0.4 is 29.6 Å². The molecular weight excluding hydrogens is 347 g/mol. The first-order valence-electron chi connectivity index (χ1n) is 10.1. The van der Waals surface area contributed by atoms with Crippen LogP contribution in [-0.4, -0.2) is 19.6 Å². The maximum Gasteiger partial charge on any atom is 1.00 e. The van der Waals surface area contributed by atoms with E-state index < -0.39 is 10.4 Å². The summed E-state index contributed by atoms with van der Waals surface area (Å²) < 4.78 is 36.5. The predicted octanol–water partition coefficient (Wildman–Crippen LogP) is 2.97. The van der Waals surface area contributed by atoms with Gasteiger partial charge in [-0.3, -0.25) is 4.18 Å². The van der Waals surface area contributed by atoms with Gasteiger partial charge in [0.25, 0.3) is 0 Å². The van der Waals surface area contributed by atoms with E-state index >= 15 is 0 Å². The van der Waals surface area contributed by atoms with Crippen LogP contribution in [0, 0.1) is 5.92 Å². The Labute approximate surface area is 179 Å². The van der Waals surface area contributed by atoms with E-state index in [1.807, 2.05) is 0 Å². The van der Waals surface area contributed by atoms with Crippen LogP contribution >= 0.6 is 0 Å². The van der Waals surface area contributed by atoms with Crippen molar-refractivity contribution in [3.05, 3.63) is 0 Å². The second-order valence-corrected chi connectivity index (χ2v) is 8.08. The molecule has 25 heavy (non-hydrogen) atoms. The Kier molecular flexibility index (Phi) is 22.0. The van der Waals surface area contributed by atoms with E-state index in [0.717, 1.165) is 25.7 Å². The van der Waals surface area contributed by atoms with Crippen molar-refractivity contribution in [1.82, 2.24) is 0 Å². The Morgan fingerprint density at radius 1 is 0.720 bits per heavy atom. The Morgan fingerprint density at radius 2 is 1.08 bits per heavy atom. The Hall–Kier alpha value is 0.870. The quantitative estimate of drug-likeness (QED) is 0.157. The molecule has 0 aliphatic heterocycles. The van der Waals surface area contributed by atoms with Gasteiger partial charge in [-0.05, 0) is 18.8 Å². The minimum absolute atomic E-state index is 0. The average Bonchev–Trinajstić information content (AvgIpc) is 2.53. The van der Waals surface area contributed by atoms with E-state index in [1.165, 1.54) is 70.6 Å². The summed E-state index contributed by atoms with van der Waals surface area (Å²) in [5, 5.41) is 0. The maximum atomic E-state index is 10.7. The molecule has 0 amide bonds. The normalized spacial score (nSPS) is 12.8. The summed E-state index contributed by atoms with van der Waals surface area (Å²) in [5.74, 6) is 0.204. The van der Waals surface area contributed by atoms with Crippen molar-refractivity contribution in [3.63, 3.8) is 0 Å². The molecule has 0 fully saturated rings. The van der Waals surface area contributed by atoms with Crippen LogP contribution in [0.15, 0.2) is 0 Å². The second-order valence-electron chi connectivity index (χ2n) is 7.03. The van der Waals surface area contributed by atoms with Crippen molar-refractivity contribution in [3.8, 4) is 0 Å². The van der Waals surface area contributed by atoms with Crippen LogP contribution in [0.25, 0.3) is 0 Å².